The van der Waals surface area contributed by atoms with Crippen molar-refractivity contribution in [3.8, 4) is 0 Å². The van der Waals surface area contributed by atoms with Gasteiger partial charge in [-0.3, -0.25) is 4.79 Å². The zero-order chi connectivity index (χ0) is 33.2. The van der Waals surface area contributed by atoms with E-state index >= 15 is 0 Å². The van der Waals surface area contributed by atoms with E-state index in [0.717, 1.165) is 11.7 Å². The second kappa shape index (κ2) is 32.8. The number of hydrogen-bond donors (Lipinski definition) is 0. The van der Waals surface area contributed by atoms with Crippen LogP contribution in [0.15, 0.2) is 30.3 Å². The standard InChI is InChI=1S/C44H82OP/c1-4-7-10-13-16-19-22-25-28-34-39-46(42-44(45)43-37-32-31-33-38-43,40-35-29-26-23-20-17-14-11-8-5-2)41-36-30-27-24-21-18-15-12-9-6-3/h31-33,37-38H,4-30,34-36,39-42H2,1-3H3/q+1. The van der Waals surface area contributed by atoms with Crippen molar-refractivity contribution < 1.29 is 4.79 Å². The van der Waals surface area contributed by atoms with Crippen molar-refractivity contribution in [3.05, 3.63) is 35.9 Å². The molecule has 0 spiro atoms. The highest BCUT2D eigenvalue weighted by molar-refractivity contribution is 7.76. The quantitative estimate of drug-likeness (QED) is 0.0399. The molecule has 1 aromatic carbocycles. The highest BCUT2D eigenvalue weighted by Crippen LogP contribution is 2.61. The Morgan fingerprint density at radius 1 is 0.391 bits per heavy atom. The Balaban J connectivity index is 2.68. The predicted molar refractivity (Wildman–Crippen MR) is 213 cm³/mol. The molecule has 0 fully saturated rings. The summed E-state index contributed by atoms with van der Waals surface area (Å²) in [6, 6.07) is 10.3. The molecule has 0 heterocycles. The van der Waals surface area contributed by atoms with E-state index in [-0.39, 0.29) is 0 Å². The molecule has 0 amide bonds. The van der Waals surface area contributed by atoms with Gasteiger partial charge in [-0.25, -0.2) is 0 Å². The summed E-state index contributed by atoms with van der Waals surface area (Å²) < 4.78 is 0. The number of Topliss-reactive ketones (excluding diaryl/α,β-unsaturated/α-hetero) is 1. The fourth-order valence-electron chi connectivity index (χ4n) is 7.40. The molecule has 1 rings (SSSR count). The molecular formula is C44H82OP+. The summed E-state index contributed by atoms with van der Waals surface area (Å²) in [6.45, 7) is 6.93. The normalized spacial score (nSPS) is 11.8. The van der Waals surface area contributed by atoms with Gasteiger partial charge in [-0.15, -0.1) is 0 Å². The number of ketones is 1. The van der Waals surface area contributed by atoms with E-state index in [2.05, 4.69) is 51.1 Å². The number of rotatable bonds is 36. The third kappa shape index (κ3) is 25.4. The van der Waals surface area contributed by atoms with Crippen molar-refractivity contribution in [3.63, 3.8) is 0 Å². The van der Waals surface area contributed by atoms with Crippen LogP contribution in [0.2, 0.25) is 0 Å². The molecule has 0 aliphatic heterocycles. The van der Waals surface area contributed by atoms with Gasteiger partial charge >= 0.3 is 0 Å². The van der Waals surface area contributed by atoms with Gasteiger partial charge in [-0.1, -0.05) is 205 Å². The first kappa shape index (κ1) is 43.3. The van der Waals surface area contributed by atoms with E-state index < -0.39 is 7.26 Å². The van der Waals surface area contributed by atoms with E-state index in [0.29, 0.717) is 5.78 Å². The molecule has 0 saturated heterocycles. The molecule has 0 aliphatic rings. The van der Waals surface area contributed by atoms with Gasteiger partial charge < -0.3 is 0 Å². The largest absolute Gasteiger partial charge is 0.290 e. The van der Waals surface area contributed by atoms with Crippen molar-refractivity contribution in [1.29, 1.82) is 0 Å². The monoisotopic (exact) mass is 658 g/mol. The third-order valence-corrected chi connectivity index (χ3v) is 15.3. The maximum atomic E-state index is 13.7. The Bertz CT molecular complexity index is 699. The lowest BCUT2D eigenvalue weighted by Crippen LogP contribution is -2.19. The van der Waals surface area contributed by atoms with Crippen LogP contribution in [-0.2, 0) is 0 Å². The van der Waals surface area contributed by atoms with Crippen LogP contribution in [0.1, 0.15) is 224 Å². The average molecular weight is 658 g/mol. The second-order valence-corrected chi connectivity index (χ2v) is 19.3. The number of unbranched alkanes of at least 4 members (excludes halogenated alkanes) is 27. The molecule has 268 valence electrons. The fraction of sp³-hybridized carbons (Fsp3) is 0.841. The van der Waals surface area contributed by atoms with Crippen LogP contribution in [0.3, 0.4) is 0 Å². The van der Waals surface area contributed by atoms with Crippen molar-refractivity contribution in [1.82, 2.24) is 0 Å². The van der Waals surface area contributed by atoms with Crippen LogP contribution < -0.4 is 0 Å². The molecule has 1 aromatic rings. The van der Waals surface area contributed by atoms with Crippen LogP contribution in [0.25, 0.3) is 0 Å². The molecule has 0 aliphatic carbocycles. The summed E-state index contributed by atoms with van der Waals surface area (Å²) in [5.74, 6) is 0.445. The molecule has 0 aromatic heterocycles. The molecule has 2 heteroatoms. The Labute approximate surface area is 291 Å². The van der Waals surface area contributed by atoms with Crippen LogP contribution in [0, 0.1) is 0 Å². The first-order valence-electron chi connectivity index (χ1n) is 21.1. The van der Waals surface area contributed by atoms with Crippen LogP contribution in [0.4, 0.5) is 0 Å². The average Bonchev–Trinajstić information content (AvgIpc) is 3.07. The van der Waals surface area contributed by atoms with Crippen molar-refractivity contribution in [2.24, 2.45) is 0 Å². The molecule has 0 atom stereocenters. The summed E-state index contributed by atoms with van der Waals surface area (Å²) in [7, 11) is -1.29. The van der Waals surface area contributed by atoms with Crippen molar-refractivity contribution >= 4 is 13.0 Å². The Morgan fingerprint density at radius 2 is 0.652 bits per heavy atom. The Kier molecular flexibility index (Phi) is 30.9. The zero-order valence-electron chi connectivity index (χ0n) is 31.8. The van der Waals surface area contributed by atoms with E-state index in [1.807, 2.05) is 0 Å². The minimum absolute atomic E-state index is 0.445. The topological polar surface area (TPSA) is 17.1 Å². The number of carbonyl (C=O) groups is 1. The molecule has 1 nitrogen and oxygen atoms in total. The zero-order valence-corrected chi connectivity index (χ0v) is 32.7. The van der Waals surface area contributed by atoms with Gasteiger partial charge in [0.2, 0.25) is 0 Å². The third-order valence-electron chi connectivity index (χ3n) is 10.5. The van der Waals surface area contributed by atoms with Crippen molar-refractivity contribution in [2.45, 2.75) is 213 Å². The van der Waals surface area contributed by atoms with E-state index in [1.54, 1.807) is 0 Å². The lowest BCUT2D eigenvalue weighted by Gasteiger charge is -2.28. The SMILES string of the molecule is CCCCCCCCCCCC[P+](CCCCCCCCCCCC)(CCCCCCCCCCCC)CC(=O)c1ccccc1. The predicted octanol–water partition coefficient (Wildman–Crippen LogP) is 15.6. The van der Waals surface area contributed by atoms with Gasteiger partial charge in [0.25, 0.3) is 0 Å². The van der Waals surface area contributed by atoms with Gasteiger partial charge in [0.05, 0.1) is 18.5 Å². The smallest absolute Gasteiger partial charge is 0.199 e. The molecule has 0 saturated carbocycles. The van der Waals surface area contributed by atoms with Crippen LogP contribution in [0.5, 0.6) is 0 Å². The van der Waals surface area contributed by atoms with E-state index in [1.165, 1.54) is 211 Å². The highest BCUT2D eigenvalue weighted by atomic mass is 31.2. The number of hydrogen-bond acceptors (Lipinski definition) is 1. The first-order chi connectivity index (χ1) is 22.7. The van der Waals surface area contributed by atoms with E-state index in [4.69, 9.17) is 0 Å². The van der Waals surface area contributed by atoms with Gasteiger partial charge in [0.1, 0.15) is 6.16 Å². The molecular weight excluding hydrogens is 575 g/mol. The minimum Gasteiger partial charge on any atom is -0.290 e. The van der Waals surface area contributed by atoms with Crippen molar-refractivity contribution in [2.75, 3.05) is 24.6 Å². The first-order valence-corrected chi connectivity index (χ1v) is 23.6. The Morgan fingerprint density at radius 3 is 0.935 bits per heavy atom. The van der Waals surface area contributed by atoms with Gasteiger partial charge in [0, 0.05) is 12.8 Å². The lowest BCUT2D eigenvalue weighted by atomic mass is 10.1. The molecule has 0 bridgehead atoms. The van der Waals surface area contributed by atoms with Crippen LogP contribution >= 0.6 is 7.26 Å². The van der Waals surface area contributed by atoms with E-state index in [9.17, 15) is 4.79 Å². The number of carbonyl (C=O) groups excluding carboxylic acids is 1. The lowest BCUT2D eigenvalue weighted by molar-refractivity contribution is 0.102. The molecule has 0 unspecified atom stereocenters. The minimum atomic E-state index is -1.29. The van der Waals surface area contributed by atoms with Crippen LogP contribution in [-0.4, -0.2) is 30.4 Å². The van der Waals surface area contributed by atoms with Gasteiger partial charge in [0.15, 0.2) is 5.78 Å². The summed E-state index contributed by atoms with van der Waals surface area (Å²) in [5.41, 5.74) is 0.959. The molecule has 0 radical (unpaired) electrons. The fourth-order valence-corrected chi connectivity index (χ4v) is 12.0. The summed E-state index contributed by atoms with van der Waals surface area (Å²) in [4.78, 5) is 13.7. The molecule has 0 N–H and O–H groups in total. The van der Waals surface area contributed by atoms with Gasteiger partial charge in [-0.05, 0) is 38.5 Å². The maximum absolute atomic E-state index is 13.7. The molecule has 46 heavy (non-hydrogen) atoms. The highest BCUT2D eigenvalue weighted by Gasteiger charge is 2.38. The second-order valence-electron chi connectivity index (χ2n) is 15.0. The summed E-state index contributed by atoms with van der Waals surface area (Å²) in [6.07, 6.45) is 47.1. The van der Waals surface area contributed by atoms with Gasteiger partial charge in [-0.2, -0.15) is 0 Å². The maximum Gasteiger partial charge on any atom is 0.199 e. The number of benzene rings is 1. The summed E-state index contributed by atoms with van der Waals surface area (Å²) >= 11 is 0. The summed E-state index contributed by atoms with van der Waals surface area (Å²) in [5, 5.41) is 0. The Hall–Kier alpha value is -0.680.